The van der Waals surface area contributed by atoms with Gasteiger partial charge in [0.05, 0.1) is 44.8 Å². The van der Waals surface area contributed by atoms with Crippen molar-refractivity contribution < 1.29 is 23.8 Å². The zero-order valence-corrected chi connectivity index (χ0v) is 21.5. The molecule has 0 aliphatic heterocycles. The van der Waals surface area contributed by atoms with Crippen molar-refractivity contribution in [3.05, 3.63) is 95.6 Å². The summed E-state index contributed by atoms with van der Waals surface area (Å²) in [5, 5.41) is 4.26. The number of carbonyl (C=O) groups excluding carboxylic acids is 2. The van der Waals surface area contributed by atoms with Gasteiger partial charge in [-0.15, -0.1) is 0 Å². The largest absolute Gasteiger partial charge is 0.471 e. The van der Waals surface area contributed by atoms with Gasteiger partial charge in [0.15, 0.2) is 11.2 Å². The average molecular weight is 527 g/mol. The summed E-state index contributed by atoms with van der Waals surface area (Å²) in [6, 6.07) is 17.4. The van der Waals surface area contributed by atoms with Crippen LogP contribution in [0.5, 0.6) is 5.88 Å². The molecule has 11 heteroatoms. The van der Waals surface area contributed by atoms with E-state index in [1.807, 2.05) is 59.2 Å². The molecule has 0 atom stereocenters. The maximum atomic E-state index is 12.2. The van der Waals surface area contributed by atoms with Crippen molar-refractivity contribution in [1.29, 1.82) is 0 Å². The SMILES string of the molecule is CCOC(=O)c1cnn(-c2nc(OCc3ccccc3)c3ncn(Cc4ccc(CC(=O)OC)cc4)c3n2)c1. The summed E-state index contributed by atoms with van der Waals surface area (Å²) < 4.78 is 19.2. The van der Waals surface area contributed by atoms with E-state index in [0.717, 1.165) is 16.7 Å². The topological polar surface area (TPSA) is 123 Å². The number of aromatic nitrogens is 6. The number of esters is 2. The number of methoxy groups -OCH3 is 1. The van der Waals surface area contributed by atoms with Gasteiger partial charge in [-0.1, -0.05) is 54.6 Å². The standard InChI is InChI=1S/C28H26N6O5/c1-3-38-27(36)22-14-30-34(16-22)28-31-25-24(26(32-28)39-17-21-7-5-4-6-8-21)29-18-33(25)15-20-11-9-19(10-12-20)13-23(35)37-2/h4-12,14,16,18H,3,13,15,17H2,1-2H3. The van der Waals surface area contributed by atoms with Crippen LogP contribution in [0.4, 0.5) is 0 Å². The van der Waals surface area contributed by atoms with Crippen molar-refractivity contribution in [1.82, 2.24) is 29.3 Å². The lowest BCUT2D eigenvalue weighted by Gasteiger charge is -2.10. The highest BCUT2D eigenvalue weighted by Gasteiger charge is 2.18. The Bertz CT molecular complexity index is 1590. The van der Waals surface area contributed by atoms with Crippen LogP contribution in [-0.2, 0) is 33.8 Å². The van der Waals surface area contributed by atoms with Crippen LogP contribution >= 0.6 is 0 Å². The Hall–Kier alpha value is -5.06. The Balaban J connectivity index is 1.48. The molecular formula is C28H26N6O5. The highest BCUT2D eigenvalue weighted by molar-refractivity contribution is 5.88. The van der Waals surface area contributed by atoms with E-state index in [9.17, 15) is 9.59 Å². The Kier molecular flexibility index (Phi) is 7.58. The molecule has 0 spiro atoms. The van der Waals surface area contributed by atoms with Crippen LogP contribution in [0.1, 0.15) is 34.0 Å². The van der Waals surface area contributed by atoms with Gasteiger partial charge < -0.3 is 18.8 Å². The zero-order valence-electron chi connectivity index (χ0n) is 21.5. The maximum Gasteiger partial charge on any atom is 0.341 e. The molecular weight excluding hydrogens is 500 g/mol. The smallest absolute Gasteiger partial charge is 0.341 e. The predicted octanol–water partition coefficient (Wildman–Crippen LogP) is 3.53. The number of imidazole rings is 1. The number of rotatable bonds is 10. The van der Waals surface area contributed by atoms with E-state index in [1.54, 1.807) is 13.3 Å². The molecule has 0 aliphatic carbocycles. The van der Waals surface area contributed by atoms with E-state index >= 15 is 0 Å². The number of ether oxygens (including phenoxy) is 3. The number of hydrogen-bond donors (Lipinski definition) is 0. The molecule has 3 aromatic heterocycles. The first-order valence-electron chi connectivity index (χ1n) is 12.3. The first-order valence-corrected chi connectivity index (χ1v) is 12.3. The lowest BCUT2D eigenvalue weighted by atomic mass is 10.1. The van der Waals surface area contributed by atoms with Gasteiger partial charge in [0.1, 0.15) is 6.61 Å². The van der Waals surface area contributed by atoms with Crippen molar-refractivity contribution in [2.75, 3.05) is 13.7 Å². The van der Waals surface area contributed by atoms with Gasteiger partial charge in [0, 0.05) is 6.20 Å². The molecule has 198 valence electrons. The summed E-state index contributed by atoms with van der Waals surface area (Å²) in [5.41, 5.74) is 4.13. The zero-order chi connectivity index (χ0) is 27.2. The molecule has 0 amide bonds. The van der Waals surface area contributed by atoms with Crippen LogP contribution < -0.4 is 4.74 Å². The molecule has 0 aliphatic rings. The van der Waals surface area contributed by atoms with Gasteiger partial charge in [-0.05, 0) is 23.6 Å². The van der Waals surface area contributed by atoms with Crippen molar-refractivity contribution >= 4 is 23.1 Å². The third-order valence-electron chi connectivity index (χ3n) is 5.89. The van der Waals surface area contributed by atoms with Crippen LogP contribution in [-0.4, -0.2) is 55.0 Å². The van der Waals surface area contributed by atoms with Crippen molar-refractivity contribution in [2.24, 2.45) is 0 Å². The molecule has 2 aromatic carbocycles. The third-order valence-corrected chi connectivity index (χ3v) is 5.89. The normalized spacial score (nSPS) is 10.9. The molecule has 0 N–H and O–H groups in total. The number of fused-ring (bicyclic) bond motifs is 1. The molecule has 11 nitrogen and oxygen atoms in total. The number of benzene rings is 2. The van der Waals surface area contributed by atoms with E-state index in [-0.39, 0.29) is 37.1 Å². The summed E-state index contributed by atoms with van der Waals surface area (Å²) in [4.78, 5) is 37.5. The quantitative estimate of drug-likeness (QED) is 0.251. The summed E-state index contributed by atoms with van der Waals surface area (Å²) in [5.74, 6) is -0.262. The molecule has 0 radical (unpaired) electrons. The molecule has 0 unspecified atom stereocenters. The van der Waals surface area contributed by atoms with Gasteiger partial charge in [-0.3, -0.25) is 4.79 Å². The second-order valence-corrected chi connectivity index (χ2v) is 8.61. The van der Waals surface area contributed by atoms with Gasteiger partial charge in [-0.2, -0.15) is 15.1 Å². The predicted molar refractivity (Wildman–Crippen MR) is 140 cm³/mol. The van der Waals surface area contributed by atoms with Crippen molar-refractivity contribution in [3.63, 3.8) is 0 Å². The van der Waals surface area contributed by atoms with Gasteiger partial charge >= 0.3 is 11.9 Å². The molecule has 5 aromatic rings. The van der Waals surface area contributed by atoms with Crippen LogP contribution in [0, 0.1) is 0 Å². The average Bonchev–Trinajstić information content (AvgIpc) is 3.61. The highest BCUT2D eigenvalue weighted by Crippen LogP contribution is 2.24. The highest BCUT2D eigenvalue weighted by atomic mass is 16.5. The van der Waals surface area contributed by atoms with Crippen molar-refractivity contribution in [2.45, 2.75) is 26.5 Å². The molecule has 0 fully saturated rings. The van der Waals surface area contributed by atoms with Gasteiger partial charge in [0.2, 0.25) is 5.88 Å². The lowest BCUT2D eigenvalue weighted by Crippen LogP contribution is -2.08. The maximum absolute atomic E-state index is 12.2. The fourth-order valence-electron chi connectivity index (χ4n) is 3.90. The Labute approximate surface area is 224 Å². The van der Waals surface area contributed by atoms with Crippen LogP contribution in [0.3, 0.4) is 0 Å². The van der Waals surface area contributed by atoms with Crippen LogP contribution in [0.2, 0.25) is 0 Å². The first kappa shape index (κ1) is 25.6. The number of carbonyl (C=O) groups is 2. The Morgan fingerprint density at radius 2 is 1.72 bits per heavy atom. The second kappa shape index (κ2) is 11.5. The summed E-state index contributed by atoms with van der Waals surface area (Å²) in [6.45, 7) is 2.75. The second-order valence-electron chi connectivity index (χ2n) is 8.61. The first-order chi connectivity index (χ1) is 19.0. The van der Waals surface area contributed by atoms with Gasteiger partial charge in [-0.25, -0.2) is 14.5 Å². The minimum absolute atomic E-state index is 0.209. The number of hydrogen-bond acceptors (Lipinski definition) is 9. The molecule has 3 heterocycles. The summed E-state index contributed by atoms with van der Waals surface area (Å²) in [6.07, 6.45) is 4.80. The van der Waals surface area contributed by atoms with E-state index in [2.05, 4.69) is 15.1 Å². The van der Waals surface area contributed by atoms with Crippen LogP contribution in [0.25, 0.3) is 17.1 Å². The third kappa shape index (κ3) is 5.93. The van der Waals surface area contributed by atoms with E-state index in [1.165, 1.54) is 24.2 Å². The molecule has 0 saturated heterocycles. The molecule has 0 saturated carbocycles. The van der Waals surface area contributed by atoms with Crippen LogP contribution in [0.15, 0.2) is 73.3 Å². The monoisotopic (exact) mass is 526 g/mol. The minimum atomic E-state index is -0.480. The number of nitrogens with zero attached hydrogens (tertiary/aromatic N) is 6. The van der Waals surface area contributed by atoms with E-state index in [0.29, 0.717) is 23.6 Å². The van der Waals surface area contributed by atoms with E-state index in [4.69, 9.17) is 19.2 Å². The Morgan fingerprint density at radius 3 is 2.46 bits per heavy atom. The van der Waals surface area contributed by atoms with Gasteiger partial charge in [0.25, 0.3) is 5.95 Å². The lowest BCUT2D eigenvalue weighted by molar-refractivity contribution is -0.139. The molecule has 5 rings (SSSR count). The molecule has 0 bridgehead atoms. The summed E-state index contributed by atoms with van der Waals surface area (Å²) >= 11 is 0. The van der Waals surface area contributed by atoms with E-state index < -0.39 is 5.97 Å². The summed E-state index contributed by atoms with van der Waals surface area (Å²) in [7, 11) is 1.37. The molecule has 39 heavy (non-hydrogen) atoms. The minimum Gasteiger partial charge on any atom is -0.471 e. The Morgan fingerprint density at radius 1 is 0.949 bits per heavy atom. The fourth-order valence-corrected chi connectivity index (χ4v) is 3.90. The van der Waals surface area contributed by atoms with Crippen molar-refractivity contribution in [3.8, 4) is 11.8 Å². The fraction of sp³-hybridized carbons (Fsp3) is 0.214.